The molecule has 0 aliphatic rings. The highest BCUT2D eigenvalue weighted by Crippen LogP contribution is 2.22. The van der Waals surface area contributed by atoms with E-state index < -0.39 is 0 Å². The van der Waals surface area contributed by atoms with Crippen LogP contribution in [0.15, 0.2) is 16.8 Å². The quantitative estimate of drug-likeness (QED) is 0.806. The molecule has 2 aromatic heterocycles. The molecule has 0 fully saturated rings. The van der Waals surface area contributed by atoms with Gasteiger partial charge in [0.2, 0.25) is 0 Å². The summed E-state index contributed by atoms with van der Waals surface area (Å²) in [5, 5.41) is 4.09. The molecule has 0 radical (unpaired) electrons. The van der Waals surface area contributed by atoms with Crippen molar-refractivity contribution >= 4 is 23.0 Å². The van der Waals surface area contributed by atoms with Crippen molar-refractivity contribution in [2.45, 2.75) is 41.2 Å². The summed E-state index contributed by atoms with van der Waals surface area (Å²) >= 11 is 1.63. The molecule has 124 valence electrons. The van der Waals surface area contributed by atoms with E-state index in [0.717, 1.165) is 16.8 Å². The lowest BCUT2D eigenvalue weighted by molar-refractivity contribution is 0.0721. The number of carbonyl (C=O) groups excluding carboxylic acids is 2. The fourth-order valence-corrected chi connectivity index (χ4v) is 3.50. The normalized spacial score (nSPS) is 11.0. The zero-order valence-corrected chi connectivity index (χ0v) is 15.2. The molecule has 0 saturated heterocycles. The first-order chi connectivity index (χ1) is 10.8. The van der Waals surface area contributed by atoms with E-state index in [9.17, 15) is 9.59 Å². The SMILES string of the molecule is CC(=O)c1[nH]c(C)c(C(=O)N(Cc2ccsc2)CC(C)C)c1C. The molecule has 0 spiro atoms. The Labute approximate surface area is 141 Å². The number of nitrogens with one attached hydrogen (secondary N) is 1. The molecule has 2 aromatic rings. The van der Waals surface area contributed by atoms with Gasteiger partial charge in [-0.2, -0.15) is 11.3 Å². The van der Waals surface area contributed by atoms with Crippen molar-refractivity contribution in [1.82, 2.24) is 9.88 Å². The third kappa shape index (κ3) is 3.91. The standard InChI is InChI=1S/C18H24N2O2S/c1-11(2)8-20(9-15-6-7-23-10-15)18(22)16-12(3)17(14(5)21)19-13(16)4/h6-7,10-11,19H,8-9H2,1-5H3. The number of Topliss-reactive ketones (excluding diaryl/α,β-unsaturated/α-hetero) is 1. The van der Waals surface area contributed by atoms with Crippen LogP contribution < -0.4 is 0 Å². The number of carbonyl (C=O) groups is 2. The maximum atomic E-state index is 13.1. The molecular formula is C18H24N2O2S. The lowest BCUT2D eigenvalue weighted by Crippen LogP contribution is -2.34. The first kappa shape index (κ1) is 17.5. The lowest BCUT2D eigenvalue weighted by atomic mass is 10.1. The second-order valence-corrected chi connectivity index (χ2v) is 7.17. The molecule has 0 bridgehead atoms. The fourth-order valence-electron chi connectivity index (χ4n) is 2.84. The van der Waals surface area contributed by atoms with Gasteiger partial charge >= 0.3 is 0 Å². The van der Waals surface area contributed by atoms with E-state index in [1.807, 2.05) is 30.2 Å². The summed E-state index contributed by atoms with van der Waals surface area (Å²) in [6.07, 6.45) is 0. The Balaban J connectivity index is 2.35. The monoisotopic (exact) mass is 332 g/mol. The summed E-state index contributed by atoms with van der Waals surface area (Å²) in [6, 6.07) is 2.04. The zero-order valence-electron chi connectivity index (χ0n) is 14.4. The summed E-state index contributed by atoms with van der Waals surface area (Å²) in [5.41, 5.74) is 3.81. The second kappa shape index (κ2) is 7.13. The Morgan fingerprint density at radius 3 is 2.48 bits per heavy atom. The van der Waals surface area contributed by atoms with Crippen LogP contribution in [-0.2, 0) is 6.54 Å². The smallest absolute Gasteiger partial charge is 0.256 e. The van der Waals surface area contributed by atoms with Crippen molar-refractivity contribution in [3.63, 3.8) is 0 Å². The molecule has 5 heteroatoms. The average molecular weight is 332 g/mol. The Hall–Kier alpha value is -1.88. The van der Waals surface area contributed by atoms with Crippen LogP contribution in [0.25, 0.3) is 0 Å². The lowest BCUT2D eigenvalue weighted by Gasteiger charge is -2.25. The molecule has 1 N–H and O–H groups in total. The minimum absolute atomic E-state index is 0.0105. The zero-order chi connectivity index (χ0) is 17.1. The van der Waals surface area contributed by atoms with Crippen molar-refractivity contribution in [3.8, 4) is 0 Å². The molecular weight excluding hydrogens is 308 g/mol. The molecule has 2 rings (SSSR count). The van der Waals surface area contributed by atoms with Crippen LogP contribution in [0.1, 0.15) is 58.4 Å². The van der Waals surface area contributed by atoms with Crippen LogP contribution in [0, 0.1) is 19.8 Å². The van der Waals surface area contributed by atoms with Gasteiger partial charge in [0, 0.05) is 25.7 Å². The maximum absolute atomic E-state index is 13.1. The largest absolute Gasteiger partial charge is 0.355 e. The topological polar surface area (TPSA) is 53.2 Å². The van der Waals surface area contributed by atoms with E-state index in [1.165, 1.54) is 6.92 Å². The Morgan fingerprint density at radius 2 is 2.00 bits per heavy atom. The van der Waals surface area contributed by atoms with Gasteiger partial charge in [-0.25, -0.2) is 0 Å². The molecule has 1 amide bonds. The van der Waals surface area contributed by atoms with Gasteiger partial charge in [-0.1, -0.05) is 13.8 Å². The summed E-state index contributed by atoms with van der Waals surface area (Å²) in [5.74, 6) is 0.325. The van der Waals surface area contributed by atoms with Crippen molar-refractivity contribution in [2.24, 2.45) is 5.92 Å². The molecule has 0 saturated carbocycles. The average Bonchev–Trinajstić information content (AvgIpc) is 3.05. The van der Waals surface area contributed by atoms with Crippen LogP contribution in [0.5, 0.6) is 0 Å². The molecule has 4 nitrogen and oxygen atoms in total. The van der Waals surface area contributed by atoms with Crippen LogP contribution in [-0.4, -0.2) is 28.1 Å². The minimum atomic E-state index is -0.0436. The summed E-state index contributed by atoms with van der Waals surface area (Å²) in [6.45, 7) is 10.7. The molecule has 0 aliphatic heterocycles. The number of thiophene rings is 1. The number of aryl methyl sites for hydroxylation is 1. The minimum Gasteiger partial charge on any atom is -0.355 e. The highest BCUT2D eigenvalue weighted by molar-refractivity contribution is 7.07. The number of amides is 1. The number of H-pyrrole nitrogens is 1. The van der Waals surface area contributed by atoms with Crippen LogP contribution in [0.2, 0.25) is 0 Å². The first-order valence-corrected chi connectivity index (χ1v) is 8.76. The van der Waals surface area contributed by atoms with Crippen molar-refractivity contribution in [2.75, 3.05) is 6.54 Å². The number of rotatable bonds is 6. The van der Waals surface area contributed by atoms with Crippen LogP contribution in [0.4, 0.5) is 0 Å². The summed E-state index contributed by atoms with van der Waals surface area (Å²) in [7, 11) is 0. The molecule has 2 heterocycles. The van der Waals surface area contributed by atoms with Crippen molar-refractivity contribution in [1.29, 1.82) is 0 Å². The summed E-state index contributed by atoms with van der Waals surface area (Å²) < 4.78 is 0. The van der Waals surface area contributed by atoms with E-state index in [1.54, 1.807) is 11.3 Å². The van der Waals surface area contributed by atoms with E-state index in [2.05, 4.69) is 24.2 Å². The highest BCUT2D eigenvalue weighted by atomic mass is 32.1. The fraction of sp³-hybridized carbons (Fsp3) is 0.444. The van der Waals surface area contributed by atoms with E-state index in [-0.39, 0.29) is 11.7 Å². The molecule has 23 heavy (non-hydrogen) atoms. The van der Waals surface area contributed by atoms with Gasteiger partial charge in [-0.3, -0.25) is 9.59 Å². The Bertz CT molecular complexity index is 699. The van der Waals surface area contributed by atoms with Gasteiger partial charge in [-0.15, -0.1) is 0 Å². The summed E-state index contributed by atoms with van der Waals surface area (Å²) in [4.78, 5) is 29.7. The van der Waals surface area contributed by atoms with Gasteiger partial charge in [0.25, 0.3) is 5.91 Å². The number of hydrogen-bond acceptors (Lipinski definition) is 3. The predicted molar refractivity (Wildman–Crippen MR) is 94.2 cm³/mol. The van der Waals surface area contributed by atoms with Crippen molar-refractivity contribution in [3.05, 3.63) is 44.9 Å². The third-order valence-corrected chi connectivity index (χ3v) is 4.56. The number of hydrogen-bond donors (Lipinski definition) is 1. The Kier molecular flexibility index (Phi) is 5.42. The Morgan fingerprint density at radius 1 is 1.30 bits per heavy atom. The van der Waals surface area contributed by atoms with Gasteiger partial charge in [0.05, 0.1) is 11.3 Å². The van der Waals surface area contributed by atoms with E-state index in [4.69, 9.17) is 0 Å². The van der Waals surface area contributed by atoms with Gasteiger partial charge < -0.3 is 9.88 Å². The molecule has 0 unspecified atom stereocenters. The van der Waals surface area contributed by atoms with E-state index in [0.29, 0.717) is 30.3 Å². The molecule has 0 atom stereocenters. The van der Waals surface area contributed by atoms with E-state index >= 15 is 0 Å². The maximum Gasteiger partial charge on any atom is 0.256 e. The van der Waals surface area contributed by atoms with Gasteiger partial charge in [-0.05, 0) is 47.7 Å². The van der Waals surface area contributed by atoms with Gasteiger partial charge in [0.1, 0.15) is 0 Å². The second-order valence-electron chi connectivity index (χ2n) is 6.39. The number of ketones is 1. The highest BCUT2D eigenvalue weighted by Gasteiger charge is 2.25. The number of aromatic nitrogens is 1. The predicted octanol–water partition coefficient (Wildman–Crippen LogP) is 4.19. The molecule has 0 aliphatic carbocycles. The third-order valence-electron chi connectivity index (χ3n) is 3.83. The van der Waals surface area contributed by atoms with Crippen molar-refractivity contribution < 1.29 is 9.59 Å². The molecule has 0 aromatic carbocycles. The van der Waals surface area contributed by atoms with Crippen LogP contribution in [0.3, 0.4) is 0 Å². The van der Waals surface area contributed by atoms with Crippen LogP contribution >= 0.6 is 11.3 Å². The number of aromatic amines is 1. The first-order valence-electron chi connectivity index (χ1n) is 7.81. The number of nitrogens with zero attached hydrogens (tertiary/aromatic N) is 1. The van der Waals surface area contributed by atoms with Gasteiger partial charge in [0.15, 0.2) is 5.78 Å².